The van der Waals surface area contributed by atoms with Crippen LogP contribution in [-0.2, 0) is 4.79 Å². The van der Waals surface area contributed by atoms with E-state index >= 15 is 0 Å². The molecule has 1 N–H and O–H groups in total. The molecule has 0 bridgehead atoms. The van der Waals surface area contributed by atoms with Crippen LogP contribution in [0.4, 0.5) is 5.82 Å². The average molecular weight is 484 g/mol. The number of H-pyrrole nitrogens is 1. The van der Waals surface area contributed by atoms with Gasteiger partial charge in [0.1, 0.15) is 12.1 Å². The van der Waals surface area contributed by atoms with Gasteiger partial charge in [-0.25, -0.2) is 9.99 Å². The molecule has 1 fully saturated rings. The fourth-order valence-corrected chi connectivity index (χ4v) is 4.32. The van der Waals surface area contributed by atoms with Gasteiger partial charge in [-0.3, -0.25) is 14.6 Å². The molecule has 10 nitrogen and oxygen atoms in total. The second-order valence-electron chi connectivity index (χ2n) is 8.04. The van der Waals surface area contributed by atoms with Crippen LogP contribution in [0.25, 0.3) is 16.5 Å². The lowest BCUT2D eigenvalue weighted by atomic mass is 9.93. The minimum absolute atomic E-state index is 0.177. The number of fused-ring (bicyclic) bond motifs is 1. The summed E-state index contributed by atoms with van der Waals surface area (Å²) in [6, 6.07) is 11.8. The van der Waals surface area contributed by atoms with Crippen LogP contribution >= 0.6 is 0 Å². The Morgan fingerprint density at radius 2 is 2.00 bits per heavy atom. The van der Waals surface area contributed by atoms with Crippen LogP contribution in [0.3, 0.4) is 0 Å². The van der Waals surface area contributed by atoms with Crippen molar-refractivity contribution in [2.24, 2.45) is 10.1 Å². The van der Waals surface area contributed by atoms with E-state index in [1.54, 1.807) is 7.05 Å². The monoisotopic (exact) mass is 483 g/mol. The summed E-state index contributed by atoms with van der Waals surface area (Å²) >= 11 is 0. The van der Waals surface area contributed by atoms with Crippen molar-refractivity contribution in [3.05, 3.63) is 59.4 Å². The first-order valence-corrected chi connectivity index (χ1v) is 11.3. The number of carbonyl (C=O) groups excluding carboxylic acids is 2. The number of ketones is 1. The molecule has 0 aliphatic carbocycles. The van der Waals surface area contributed by atoms with E-state index < -0.39 is 11.7 Å². The van der Waals surface area contributed by atoms with Crippen LogP contribution in [0.15, 0.2) is 58.4 Å². The number of aromatic nitrogens is 2. The number of anilines is 1. The van der Waals surface area contributed by atoms with Crippen molar-refractivity contribution in [1.82, 2.24) is 14.9 Å². The highest BCUT2D eigenvalue weighted by molar-refractivity contribution is 6.45. The topological polar surface area (TPSA) is 127 Å². The summed E-state index contributed by atoms with van der Waals surface area (Å²) in [7, 11) is 3.05. The Labute approximate surface area is 208 Å². The molecule has 0 unspecified atom stereocenters. The molecule has 0 radical (unpaired) electrons. The lowest BCUT2D eigenvalue weighted by Crippen LogP contribution is -2.40. The molecule has 0 atom stereocenters. The van der Waals surface area contributed by atoms with E-state index in [1.807, 2.05) is 30.3 Å². The summed E-state index contributed by atoms with van der Waals surface area (Å²) in [5.74, 6) is -0.568. The number of allylic oxidation sites excluding steroid dienone is 1. The molecular formula is C26H25N7O3. The Morgan fingerprint density at radius 3 is 2.61 bits per heavy atom. The molecule has 1 aliphatic rings. The molecule has 2 aromatic heterocycles. The molecule has 0 saturated carbocycles. The summed E-state index contributed by atoms with van der Waals surface area (Å²) in [6.45, 7) is 4.23. The molecule has 36 heavy (non-hydrogen) atoms. The maximum atomic E-state index is 13.3. The highest BCUT2D eigenvalue weighted by Crippen LogP contribution is 2.34. The van der Waals surface area contributed by atoms with Gasteiger partial charge in [-0.15, -0.1) is 0 Å². The standard InChI is InChI=1S/C26H25N7O3/c1-28-16-33(29-2)25-23-22(21(36-3)15-31-25)20(14-30-23)24(34)26(35)32-11-9-18(10-12-32)19(13-27)17-7-5-4-6-8-17/h4-8,14-16,30H,2,9-12H2,1,3H3. The molecule has 0 spiro atoms. The maximum Gasteiger partial charge on any atom is 0.295 e. The third-order valence-electron chi connectivity index (χ3n) is 6.09. The zero-order valence-corrected chi connectivity index (χ0v) is 20.1. The number of rotatable bonds is 7. The van der Waals surface area contributed by atoms with Gasteiger partial charge in [0.25, 0.3) is 11.7 Å². The third-order valence-corrected chi connectivity index (χ3v) is 6.09. The first-order chi connectivity index (χ1) is 17.5. The van der Waals surface area contributed by atoms with Crippen LogP contribution in [0.5, 0.6) is 5.75 Å². The van der Waals surface area contributed by atoms with Crippen molar-refractivity contribution in [3.8, 4) is 11.8 Å². The summed E-state index contributed by atoms with van der Waals surface area (Å²) in [6.07, 6.45) is 5.41. The fourth-order valence-electron chi connectivity index (χ4n) is 4.32. The Bertz CT molecular complexity index is 1410. The zero-order valence-electron chi connectivity index (χ0n) is 20.1. The molecule has 10 heteroatoms. The fraction of sp³-hybridized carbons (Fsp3) is 0.231. The van der Waals surface area contributed by atoms with Gasteiger partial charge in [-0.1, -0.05) is 30.3 Å². The number of Topliss-reactive ketones (excluding diaryl/α,β-unsaturated/α-hetero) is 1. The van der Waals surface area contributed by atoms with Crippen molar-refractivity contribution >= 4 is 47.0 Å². The van der Waals surface area contributed by atoms with Crippen molar-refractivity contribution in [2.45, 2.75) is 12.8 Å². The van der Waals surface area contributed by atoms with E-state index in [1.165, 1.54) is 35.8 Å². The summed E-state index contributed by atoms with van der Waals surface area (Å²) in [5.41, 5.74) is 3.11. The number of nitriles is 1. The molecule has 3 heterocycles. The van der Waals surface area contributed by atoms with E-state index in [9.17, 15) is 14.9 Å². The van der Waals surface area contributed by atoms with E-state index in [0.29, 0.717) is 54.0 Å². The van der Waals surface area contributed by atoms with Crippen LogP contribution in [0.2, 0.25) is 0 Å². The van der Waals surface area contributed by atoms with Gasteiger partial charge in [0, 0.05) is 33.1 Å². The molecule has 1 aromatic carbocycles. The number of hydrogen-bond acceptors (Lipinski definition) is 7. The predicted molar refractivity (Wildman–Crippen MR) is 138 cm³/mol. The number of ether oxygens (including phenoxy) is 1. The lowest BCUT2D eigenvalue weighted by molar-refractivity contribution is -0.126. The minimum Gasteiger partial charge on any atom is -0.494 e. The Balaban J connectivity index is 1.60. The van der Waals surface area contributed by atoms with E-state index in [0.717, 1.165) is 11.1 Å². The number of nitrogens with one attached hydrogen (secondary N) is 1. The molecular weight excluding hydrogens is 458 g/mol. The smallest absolute Gasteiger partial charge is 0.295 e. The van der Waals surface area contributed by atoms with Gasteiger partial charge in [0.2, 0.25) is 0 Å². The molecule has 1 amide bonds. The van der Waals surface area contributed by atoms with Gasteiger partial charge < -0.3 is 14.6 Å². The van der Waals surface area contributed by atoms with E-state index in [4.69, 9.17) is 4.74 Å². The number of methoxy groups -OCH3 is 1. The molecule has 3 aromatic rings. The molecule has 1 aliphatic heterocycles. The SMILES string of the molecule is C=NN(C=NC)c1ncc(OC)c2c(C(=O)C(=O)N3CCC(=C(C#N)c4ccccc4)CC3)c[nH]c12. The normalized spacial score (nSPS) is 13.5. The molecule has 182 valence electrons. The number of aromatic amines is 1. The van der Waals surface area contributed by atoms with Gasteiger partial charge >= 0.3 is 0 Å². The van der Waals surface area contributed by atoms with Gasteiger partial charge in [0.05, 0.1) is 41.4 Å². The first-order valence-electron chi connectivity index (χ1n) is 11.3. The Kier molecular flexibility index (Phi) is 7.20. The molecule has 1 saturated heterocycles. The van der Waals surface area contributed by atoms with Crippen LogP contribution in [-0.4, -0.2) is 66.9 Å². The van der Waals surface area contributed by atoms with Crippen molar-refractivity contribution < 1.29 is 14.3 Å². The van der Waals surface area contributed by atoms with Crippen LogP contribution in [0.1, 0.15) is 28.8 Å². The number of carbonyl (C=O) groups is 2. The maximum absolute atomic E-state index is 13.3. The quantitative estimate of drug-likeness (QED) is 0.137. The van der Waals surface area contributed by atoms with Gasteiger partial charge in [-0.05, 0) is 24.0 Å². The average Bonchev–Trinajstić information content (AvgIpc) is 3.37. The largest absolute Gasteiger partial charge is 0.494 e. The van der Waals surface area contributed by atoms with Crippen LogP contribution in [0, 0.1) is 11.3 Å². The van der Waals surface area contributed by atoms with E-state index in [-0.39, 0.29) is 5.56 Å². The Hall–Kier alpha value is -4.78. The lowest BCUT2D eigenvalue weighted by Gasteiger charge is -2.28. The first kappa shape index (κ1) is 24.3. The zero-order chi connectivity index (χ0) is 25.7. The Morgan fingerprint density at radius 1 is 1.28 bits per heavy atom. The number of hydrogen-bond donors (Lipinski definition) is 1. The summed E-state index contributed by atoms with van der Waals surface area (Å²) in [4.78, 5) is 39.4. The number of likely N-dealkylation sites (tertiary alicyclic amines) is 1. The highest BCUT2D eigenvalue weighted by Gasteiger charge is 2.30. The second kappa shape index (κ2) is 10.7. The number of amides is 1. The van der Waals surface area contributed by atoms with Crippen LogP contribution < -0.4 is 9.75 Å². The highest BCUT2D eigenvalue weighted by atomic mass is 16.5. The number of aliphatic imine (C=N–C) groups is 1. The minimum atomic E-state index is -0.657. The molecule has 4 rings (SSSR count). The van der Waals surface area contributed by atoms with Crippen molar-refractivity contribution in [2.75, 3.05) is 32.3 Å². The van der Waals surface area contributed by atoms with E-state index in [2.05, 4.69) is 32.8 Å². The number of pyridine rings is 1. The number of nitrogens with zero attached hydrogens (tertiary/aromatic N) is 6. The predicted octanol–water partition coefficient (Wildman–Crippen LogP) is 3.43. The van der Waals surface area contributed by atoms with Gasteiger partial charge in [0.15, 0.2) is 5.82 Å². The number of hydrazone groups is 1. The van der Waals surface area contributed by atoms with Gasteiger partial charge in [-0.2, -0.15) is 10.4 Å². The van der Waals surface area contributed by atoms with Crippen molar-refractivity contribution in [1.29, 1.82) is 5.26 Å². The summed E-state index contributed by atoms with van der Waals surface area (Å²) < 4.78 is 5.43. The summed E-state index contributed by atoms with van der Waals surface area (Å²) in [5, 5.41) is 15.4. The third kappa shape index (κ3) is 4.46. The second-order valence-corrected chi connectivity index (χ2v) is 8.04. The number of benzene rings is 1. The number of piperidine rings is 1. The van der Waals surface area contributed by atoms with Crippen molar-refractivity contribution in [3.63, 3.8) is 0 Å².